The molecule has 0 aliphatic carbocycles. The Kier molecular flexibility index (Phi) is 4.69. The molecule has 0 amide bonds. The maximum absolute atomic E-state index is 9.16. The zero-order valence-corrected chi connectivity index (χ0v) is 11.3. The van der Waals surface area contributed by atoms with Crippen molar-refractivity contribution >= 4 is 17.4 Å². The van der Waals surface area contributed by atoms with Crippen molar-refractivity contribution in [2.24, 2.45) is 0 Å². The molecule has 0 fully saturated rings. The third-order valence-corrected chi connectivity index (χ3v) is 3.12. The van der Waals surface area contributed by atoms with Gasteiger partial charge in [-0.15, -0.1) is 11.8 Å². The van der Waals surface area contributed by atoms with E-state index in [0.29, 0.717) is 5.25 Å². The van der Waals surface area contributed by atoms with Gasteiger partial charge in [-0.05, 0) is 38.1 Å². The highest BCUT2D eigenvalue weighted by molar-refractivity contribution is 7.99. The van der Waals surface area contributed by atoms with Crippen LogP contribution in [0.25, 0.3) is 0 Å². The summed E-state index contributed by atoms with van der Waals surface area (Å²) >= 11 is 1.85. The molecule has 3 heteroatoms. The average molecular weight is 239 g/mol. The summed E-state index contributed by atoms with van der Waals surface area (Å²) < 4.78 is 0. The summed E-state index contributed by atoms with van der Waals surface area (Å²) in [5.41, 5.74) is 0.777. The van der Waals surface area contributed by atoms with Crippen molar-refractivity contribution in [1.29, 1.82) is 0 Å². The number of hydrogen-bond acceptors (Lipinski definition) is 3. The zero-order chi connectivity index (χ0) is 12.2. The summed E-state index contributed by atoms with van der Waals surface area (Å²) in [4.78, 5) is 1.28. The van der Waals surface area contributed by atoms with Gasteiger partial charge >= 0.3 is 0 Å². The molecule has 0 saturated heterocycles. The first kappa shape index (κ1) is 13.4. The number of benzene rings is 1. The molecule has 90 valence electrons. The van der Waals surface area contributed by atoms with Crippen LogP contribution < -0.4 is 5.32 Å². The van der Waals surface area contributed by atoms with Crippen molar-refractivity contribution < 1.29 is 5.11 Å². The molecule has 0 saturated carbocycles. The van der Waals surface area contributed by atoms with Crippen LogP contribution in [0.3, 0.4) is 0 Å². The second kappa shape index (κ2) is 5.60. The molecular weight excluding hydrogens is 218 g/mol. The lowest BCUT2D eigenvalue weighted by molar-refractivity contribution is 0.234. The minimum Gasteiger partial charge on any atom is -0.394 e. The van der Waals surface area contributed by atoms with E-state index in [9.17, 15) is 0 Å². The van der Waals surface area contributed by atoms with Crippen LogP contribution in [0.5, 0.6) is 0 Å². The first-order valence-electron chi connectivity index (χ1n) is 5.59. The highest BCUT2D eigenvalue weighted by Gasteiger charge is 2.15. The number of nitrogens with one attached hydrogen (secondary N) is 1. The van der Waals surface area contributed by atoms with Crippen molar-refractivity contribution in [3.05, 3.63) is 24.3 Å². The first-order chi connectivity index (χ1) is 7.43. The van der Waals surface area contributed by atoms with Gasteiger partial charge in [-0.1, -0.05) is 13.8 Å². The Balaban J connectivity index is 2.64. The summed E-state index contributed by atoms with van der Waals surface area (Å²) in [6, 6.07) is 8.34. The molecule has 0 aromatic heterocycles. The van der Waals surface area contributed by atoms with Gasteiger partial charge < -0.3 is 10.4 Å². The first-order valence-corrected chi connectivity index (χ1v) is 6.47. The highest BCUT2D eigenvalue weighted by Crippen LogP contribution is 2.25. The van der Waals surface area contributed by atoms with Crippen LogP contribution in [0, 0.1) is 0 Å². The molecule has 0 radical (unpaired) electrons. The summed E-state index contributed by atoms with van der Waals surface area (Å²) in [6.45, 7) is 8.44. The maximum Gasteiger partial charge on any atom is 0.0656 e. The van der Waals surface area contributed by atoms with Crippen molar-refractivity contribution in [2.45, 2.75) is 43.4 Å². The van der Waals surface area contributed by atoms with Gasteiger partial charge in [0.2, 0.25) is 0 Å². The lowest BCUT2D eigenvalue weighted by Crippen LogP contribution is -2.34. The quantitative estimate of drug-likeness (QED) is 0.773. The highest BCUT2D eigenvalue weighted by atomic mass is 32.2. The molecule has 1 aromatic rings. The molecule has 0 spiro atoms. The number of thioether (sulfide) groups is 1. The van der Waals surface area contributed by atoms with E-state index < -0.39 is 0 Å². The smallest absolute Gasteiger partial charge is 0.0656 e. The second-order valence-electron chi connectivity index (χ2n) is 4.86. The van der Waals surface area contributed by atoms with Gasteiger partial charge in [-0.2, -0.15) is 0 Å². The average Bonchev–Trinajstić information content (AvgIpc) is 2.20. The third kappa shape index (κ3) is 4.45. The van der Waals surface area contributed by atoms with Crippen LogP contribution in [0.4, 0.5) is 5.69 Å². The molecule has 0 heterocycles. The Labute approximate surface area is 102 Å². The lowest BCUT2D eigenvalue weighted by Gasteiger charge is -2.25. The predicted octanol–water partition coefficient (Wildman–Crippen LogP) is 3.37. The van der Waals surface area contributed by atoms with Gasteiger partial charge in [0.05, 0.1) is 12.1 Å². The van der Waals surface area contributed by atoms with Crippen LogP contribution in [0.15, 0.2) is 29.2 Å². The zero-order valence-electron chi connectivity index (χ0n) is 10.4. The van der Waals surface area contributed by atoms with Crippen LogP contribution in [0.1, 0.15) is 27.7 Å². The normalized spacial score (nSPS) is 11.9. The van der Waals surface area contributed by atoms with Crippen molar-refractivity contribution in [3.8, 4) is 0 Å². The van der Waals surface area contributed by atoms with E-state index in [2.05, 4.69) is 43.4 Å². The number of aliphatic hydroxyl groups is 1. The lowest BCUT2D eigenvalue weighted by atomic mass is 10.1. The van der Waals surface area contributed by atoms with E-state index in [-0.39, 0.29) is 12.1 Å². The van der Waals surface area contributed by atoms with Crippen LogP contribution >= 0.6 is 11.8 Å². The Morgan fingerprint density at radius 2 is 1.81 bits per heavy atom. The molecule has 1 rings (SSSR count). The van der Waals surface area contributed by atoms with E-state index in [1.807, 2.05) is 25.6 Å². The Bertz CT molecular complexity index is 319. The van der Waals surface area contributed by atoms with E-state index in [1.54, 1.807) is 0 Å². The van der Waals surface area contributed by atoms with Crippen LogP contribution in [-0.2, 0) is 0 Å². The number of rotatable bonds is 5. The van der Waals surface area contributed by atoms with Crippen LogP contribution in [-0.4, -0.2) is 22.5 Å². The second-order valence-corrected chi connectivity index (χ2v) is 6.51. The Morgan fingerprint density at radius 1 is 1.25 bits per heavy atom. The number of aliphatic hydroxyl groups excluding tert-OH is 1. The summed E-state index contributed by atoms with van der Waals surface area (Å²) in [5, 5.41) is 13.1. The molecule has 0 aliphatic rings. The van der Waals surface area contributed by atoms with E-state index >= 15 is 0 Å². The minimum absolute atomic E-state index is 0.121. The predicted molar refractivity (Wildman–Crippen MR) is 72.2 cm³/mol. The van der Waals surface area contributed by atoms with Crippen molar-refractivity contribution in [1.82, 2.24) is 0 Å². The monoisotopic (exact) mass is 239 g/mol. The van der Waals surface area contributed by atoms with E-state index in [0.717, 1.165) is 5.69 Å². The van der Waals surface area contributed by atoms with Gasteiger partial charge in [0.1, 0.15) is 0 Å². The summed E-state index contributed by atoms with van der Waals surface area (Å²) in [6.07, 6.45) is 0. The van der Waals surface area contributed by atoms with E-state index in [1.165, 1.54) is 4.90 Å². The van der Waals surface area contributed by atoms with Gasteiger partial charge in [-0.3, -0.25) is 0 Å². The molecule has 0 unspecified atom stereocenters. The van der Waals surface area contributed by atoms with Crippen molar-refractivity contribution in [3.63, 3.8) is 0 Å². The Morgan fingerprint density at radius 3 is 2.25 bits per heavy atom. The van der Waals surface area contributed by atoms with Gasteiger partial charge in [0, 0.05) is 15.8 Å². The van der Waals surface area contributed by atoms with Gasteiger partial charge in [0.15, 0.2) is 0 Å². The fraction of sp³-hybridized carbons (Fsp3) is 0.538. The third-order valence-electron chi connectivity index (χ3n) is 2.10. The van der Waals surface area contributed by atoms with E-state index in [4.69, 9.17) is 5.11 Å². The molecule has 2 nitrogen and oxygen atoms in total. The SMILES string of the molecule is CC(C)Sc1ccc(NC(C)(C)CO)cc1. The summed E-state index contributed by atoms with van der Waals surface area (Å²) in [5.74, 6) is 0. The molecular formula is C13H21NOS. The molecule has 0 aliphatic heterocycles. The van der Waals surface area contributed by atoms with Gasteiger partial charge in [0.25, 0.3) is 0 Å². The number of anilines is 1. The molecule has 2 N–H and O–H groups in total. The standard InChI is InChI=1S/C13H21NOS/c1-10(2)16-12-7-5-11(6-8-12)14-13(3,4)9-15/h5-8,10,14-15H,9H2,1-4H3. The topological polar surface area (TPSA) is 32.3 Å². The molecule has 0 bridgehead atoms. The van der Waals surface area contributed by atoms with Gasteiger partial charge in [-0.25, -0.2) is 0 Å². The molecule has 1 aromatic carbocycles. The Hall–Kier alpha value is -0.670. The van der Waals surface area contributed by atoms with Crippen molar-refractivity contribution in [2.75, 3.05) is 11.9 Å². The maximum atomic E-state index is 9.16. The minimum atomic E-state index is -0.271. The number of hydrogen-bond donors (Lipinski definition) is 2. The fourth-order valence-electron chi connectivity index (χ4n) is 1.32. The summed E-state index contributed by atoms with van der Waals surface area (Å²) in [7, 11) is 0. The van der Waals surface area contributed by atoms with Crippen LogP contribution in [0.2, 0.25) is 0 Å². The molecule has 16 heavy (non-hydrogen) atoms. The molecule has 0 atom stereocenters. The fourth-order valence-corrected chi connectivity index (χ4v) is 2.16. The largest absolute Gasteiger partial charge is 0.394 e.